The average molecular weight is 490 g/mol. The molecule has 0 saturated heterocycles. The summed E-state index contributed by atoms with van der Waals surface area (Å²) in [6.07, 6.45) is 2.79. The Bertz CT molecular complexity index is 1340. The van der Waals surface area contributed by atoms with Crippen molar-refractivity contribution in [2.24, 2.45) is 0 Å². The van der Waals surface area contributed by atoms with Gasteiger partial charge in [0.25, 0.3) is 0 Å². The van der Waals surface area contributed by atoms with Crippen molar-refractivity contribution < 1.29 is 4.79 Å². The molecule has 178 valence electrons. The van der Waals surface area contributed by atoms with Crippen LogP contribution in [-0.4, -0.2) is 16.1 Å². The van der Waals surface area contributed by atoms with E-state index >= 15 is 0 Å². The number of carbonyl (C=O) groups is 1. The van der Waals surface area contributed by atoms with E-state index in [0.29, 0.717) is 16.5 Å². The summed E-state index contributed by atoms with van der Waals surface area (Å²) in [4.78, 5) is 20.4. The van der Waals surface area contributed by atoms with Gasteiger partial charge in [-0.25, -0.2) is 4.98 Å². The maximum atomic E-state index is 13.7. The predicted octanol–water partition coefficient (Wildman–Crippen LogP) is 7.07. The third kappa shape index (κ3) is 5.05. The van der Waals surface area contributed by atoms with Gasteiger partial charge in [0.15, 0.2) is 0 Å². The number of para-hydroxylation sites is 2. The highest BCUT2D eigenvalue weighted by molar-refractivity contribution is 8.00. The fraction of sp³-hybridized carbons (Fsp3) is 0.194. The number of pyridine rings is 1. The molecule has 1 aliphatic carbocycles. The van der Waals surface area contributed by atoms with Gasteiger partial charge in [0.1, 0.15) is 11.1 Å². The van der Waals surface area contributed by atoms with Gasteiger partial charge < -0.3 is 0 Å². The summed E-state index contributed by atoms with van der Waals surface area (Å²) in [5, 5.41) is 10.1. The second kappa shape index (κ2) is 10.8. The first-order chi connectivity index (χ1) is 17.6. The molecule has 0 spiro atoms. The average Bonchev–Trinajstić information content (AvgIpc) is 2.94. The minimum absolute atomic E-state index is 0.0510. The Morgan fingerprint density at radius 1 is 0.972 bits per heavy atom. The number of rotatable bonds is 6. The van der Waals surface area contributed by atoms with Crippen molar-refractivity contribution in [3.05, 3.63) is 119 Å². The van der Waals surface area contributed by atoms with E-state index in [1.54, 1.807) is 4.90 Å². The first kappa shape index (κ1) is 23.8. The lowest BCUT2D eigenvalue weighted by molar-refractivity contribution is -0.117. The van der Waals surface area contributed by atoms with Crippen LogP contribution in [0.15, 0.2) is 102 Å². The number of amides is 1. The number of benzene rings is 3. The largest absolute Gasteiger partial charge is 0.280 e. The summed E-state index contributed by atoms with van der Waals surface area (Å²) in [5.41, 5.74) is 5.69. The summed E-state index contributed by atoms with van der Waals surface area (Å²) in [6, 6.07) is 34.2. The summed E-state index contributed by atoms with van der Waals surface area (Å²) < 4.78 is 0. The number of nitriles is 1. The van der Waals surface area contributed by atoms with Gasteiger partial charge in [0, 0.05) is 17.1 Å². The Hall–Kier alpha value is -3.88. The van der Waals surface area contributed by atoms with E-state index in [1.807, 2.05) is 79.7 Å². The monoisotopic (exact) mass is 489 g/mol. The lowest BCUT2D eigenvalue weighted by atomic mass is 9.82. The lowest BCUT2D eigenvalue weighted by Gasteiger charge is -2.27. The minimum Gasteiger partial charge on any atom is -0.280 e. The van der Waals surface area contributed by atoms with E-state index in [0.717, 1.165) is 41.9 Å². The molecule has 4 aromatic rings. The molecule has 2 unspecified atom stereocenters. The topological polar surface area (TPSA) is 57.0 Å². The number of thioether (sulfide) groups is 1. The highest BCUT2D eigenvalue weighted by atomic mass is 32.2. The number of carbonyl (C=O) groups excluding carboxylic acids is 1. The Labute approximate surface area is 216 Å². The molecule has 36 heavy (non-hydrogen) atoms. The van der Waals surface area contributed by atoms with Crippen LogP contribution in [0.1, 0.15) is 41.6 Å². The van der Waals surface area contributed by atoms with E-state index < -0.39 is 5.25 Å². The van der Waals surface area contributed by atoms with Crippen molar-refractivity contribution in [1.29, 1.82) is 5.26 Å². The molecule has 0 radical (unpaired) electrons. The molecule has 1 amide bonds. The van der Waals surface area contributed by atoms with E-state index in [2.05, 4.69) is 30.3 Å². The van der Waals surface area contributed by atoms with Crippen LogP contribution in [0, 0.1) is 11.3 Å². The van der Waals surface area contributed by atoms with E-state index in [9.17, 15) is 10.1 Å². The second-order valence-electron chi connectivity index (χ2n) is 9.01. The summed E-state index contributed by atoms with van der Waals surface area (Å²) in [6.45, 7) is 1.89. The van der Waals surface area contributed by atoms with Gasteiger partial charge in [-0.05, 0) is 73.6 Å². The first-order valence-electron chi connectivity index (χ1n) is 12.2. The maximum Gasteiger partial charge on any atom is 0.244 e. The SMILES string of the molecule is CC(Sc1nc2c(cc1C#N)CC(c1ccccc1)CC2)C(=O)N(c1ccccc1)c1ccccc1. The van der Waals surface area contributed by atoms with Crippen LogP contribution >= 0.6 is 11.8 Å². The quantitative estimate of drug-likeness (QED) is 0.272. The zero-order valence-corrected chi connectivity index (χ0v) is 21.0. The Balaban J connectivity index is 1.40. The van der Waals surface area contributed by atoms with Crippen molar-refractivity contribution in [1.82, 2.24) is 4.98 Å². The third-order valence-electron chi connectivity index (χ3n) is 6.63. The van der Waals surface area contributed by atoms with Crippen LogP contribution in [-0.2, 0) is 17.6 Å². The zero-order chi connectivity index (χ0) is 24.9. The smallest absolute Gasteiger partial charge is 0.244 e. The standard InChI is InChI=1S/C31H27N3OS/c1-22(31(35)34(27-13-7-3-8-14-27)28-15-9-4-10-16-28)36-30-26(21-32)20-25-19-24(17-18-29(25)33-30)23-11-5-2-6-12-23/h2-16,20,22,24H,17-19H2,1H3. The highest BCUT2D eigenvalue weighted by Gasteiger charge is 2.28. The molecule has 0 N–H and O–H groups in total. The molecule has 1 aliphatic rings. The van der Waals surface area contributed by atoms with Crippen LogP contribution in [0.5, 0.6) is 0 Å². The molecule has 3 aromatic carbocycles. The van der Waals surface area contributed by atoms with Crippen molar-refractivity contribution in [3.63, 3.8) is 0 Å². The lowest BCUT2D eigenvalue weighted by Crippen LogP contribution is -2.33. The van der Waals surface area contributed by atoms with Crippen molar-refractivity contribution in [2.45, 2.75) is 42.4 Å². The zero-order valence-electron chi connectivity index (χ0n) is 20.2. The van der Waals surface area contributed by atoms with Gasteiger partial charge in [-0.1, -0.05) is 78.5 Å². The number of aryl methyl sites for hydroxylation is 1. The van der Waals surface area contributed by atoms with Crippen LogP contribution in [0.4, 0.5) is 11.4 Å². The Morgan fingerprint density at radius 2 is 1.56 bits per heavy atom. The van der Waals surface area contributed by atoms with Gasteiger partial charge in [-0.3, -0.25) is 9.69 Å². The fourth-order valence-corrected chi connectivity index (χ4v) is 5.72. The molecule has 2 atom stereocenters. The van der Waals surface area contributed by atoms with Gasteiger partial charge >= 0.3 is 0 Å². The molecule has 4 nitrogen and oxygen atoms in total. The molecule has 5 rings (SSSR count). The van der Waals surface area contributed by atoms with Crippen molar-refractivity contribution >= 4 is 29.0 Å². The highest BCUT2D eigenvalue weighted by Crippen LogP contribution is 2.36. The third-order valence-corrected chi connectivity index (χ3v) is 7.72. The maximum absolute atomic E-state index is 13.7. The molecule has 5 heteroatoms. The molecule has 0 fully saturated rings. The van der Waals surface area contributed by atoms with Gasteiger partial charge in [-0.2, -0.15) is 5.26 Å². The molecule has 0 aliphatic heterocycles. The Morgan fingerprint density at radius 3 is 2.14 bits per heavy atom. The van der Waals surface area contributed by atoms with Gasteiger partial charge in [0.2, 0.25) is 5.91 Å². The molecule has 1 heterocycles. The van der Waals surface area contributed by atoms with Crippen LogP contribution in [0.25, 0.3) is 0 Å². The summed E-state index contributed by atoms with van der Waals surface area (Å²) >= 11 is 1.37. The molecular formula is C31H27N3OS. The molecule has 0 saturated carbocycles. The normalized spacial score (nSPS) is 15.4. The number of anilines is 2. The molecule has 1 aromatic heterocycles. The molecule has 0 bridgehead atoms. The van der Waals surface area contributed by atoms with Gasteiger partial charge in [0.05, 0.1) is 10.8 Å². The van der Waals surface area contributed by atoms with Crippen LogP contribution in [0.2, 0.25) is 0 Å². The first-order valence-corrected chi connectivity index (χ1v) is 13.1. The van der Waals surface area contributed by atoms with Crippen LogP contribution in [0.3, 0.4) is 0 Å². The van der Waals surface area contributed by atoms with Crippen LogP contribution < -0.4 is 4.90 Å². The number of hydrogen-bond donors (Lipinski definition) is 0. The number of fused-ring (bicyclic) bond motifs is 1. The van der Waals surface area contributed by atoms with Crippen molar-refractivity contribution in [2.75, 3.05) is 4.90 Å². The second-order valence-corrected chi connectivity index (χ2v) is 10.3. The van der Waals surface area contributed by atoms with E-state index in [1.165, 1.54) is 17.3 Å². The number of aromatic nitrogens is 1. The van der Waals surface area contributed by atoms with Gasteiger partial charge in [-0.15, -0.1) is 0 Å². The number of nitrogens with zero attached hydrogens (tertiary/aromatic N) is 3. The number of hydrogen-bond acceptors (Lipinski definition) is 4. The van der Waals surface area contributed by atoms with E-state index in [-0.39, 0.29) is 5.91 Å². The predicted molar refractivity (Wildman–Crippen MR) is 146 cm³/mol. The summed E-state index contributed by atoms with van der Waals surface area (Å²) in [7, 11) is 0. The van der Waals surface area contributed by atoms with E-state index in [4.69, 9.17) is 4.98 Å². The summed E-state index contributed by atoms with van der Waals surface area (Å²) in [5.74, 6) is 0.390. The fourth-order valence-electron chi connectivity index (χ4n) is 4.78. The molecular weight excluding hydrogens is 462 g/mol. The van der Waals surface area contributed by atoms with Crippen molar-refractivity contribution in [3.8, 4) is 6.07 Å². The Kier molecular flexibility index (Phi) is 7.16. The minimum atomic E-state index is -0.427.